The molecule has 0 bridgehead atoms. The summed E-state index contributed by atoms with van der Waals surface area (Å²) in [5.74, 6) is 0.981. The van der Waals surface area contributed by atoms with E-state index in [9.17, 15) is 10.2 Å². The summed E-state index contributed by atoms with van der Waals surface area (Å²) in [4.78, 5) is 0. The van der Waals surface area contributed by atoms with Crippen molar-refractivity contribution in [3.05, 3.63) is 22.1 Å². The fraction of sp³-hybridized carbons (Fsp3) is 0.429. The quantitative estimate of drug-likeness (QED) is 0.519. The molecule has 1 aromatic rings. The molecule has 0 spiro atoms. The summed E-state index contributed by atoms with van der Waals surface area (Å²) in [6.07, 6.45) is 1.56. The first-order chi connectivity index (χ1) is 9.59. The van der Waals surface area contributed by atoms with Crippen molar-refractivity contribution in [1.29, 1.82) is 0 Å². The first-order valence-corrected chi connectivity index (χ1v) is 7.56. The van der Waals surface area contributed by atoms with E-state index in [-0.39, 0.29) is 17.5 Å². The van der Waals surface area contributed by atoms with Crippen molar-refractivity contribution in [1.82, 2.24) is 5.32 Å². The molecule has 20 heavy (non-hydrogen) atoms. The van der Waals surface area contributed by atoms with Crippen molar-refractivity contribution in [3.63, 3.8) is 0 Å². The molecule has 1 atom stereocenters. The van der Waals surface area contributed by atoms with Crippen molar-refractivity contribution in [2.75, 3.05) is 25.4 Å². The lowest BCUT2D eigenvalue weighted by molar-refractivity contribution is 0.263. The normalized spacial score (nSPS) is 20.4. The van der Waals surface area contributed by atoms with E-state index in [1.54, 1.807) is 24.9 Å². The molecule has 0 aromatic heterocycles. The lowest BCUT2D eigenvalue weighted by Crippen LogP contribution is -2.38. The zero-order valence-electron chi connectivity index (χ0n) is 11.4. The summed E-state index contributed by atoms with van der Waals surface area (Å²) in [6.45, 7) is 3.71. The number of phenolic OH excluding ortho intramolecular Hbond substituents is 2. The summed E-state index contributed by atoms with van der Waals surface area (Å²) in [5, 5.41) is 26.3. The van der Waals surface area contributed by atoms with Crippen LogP contribution in [0.3, 0.4) is 0 Å². The van der Waals surface area contributed by atoms with Gasteiger partial charge in [0.2, 0.25) is 0 Å². The van der Waals surface area contributed by atoms with Gasteiger partial charge >= 0.3 is 0 Å². The van der Waals surface area contributed by atoms with Crippen LogP contribution in [0.4, 0.5) is 0 Å². The number of aromatic hydroxyl groups is 2. The minimum Gasteiger partial charge on any atom is -0.508 e. The number of nitrogens with one attached hydrogen (secondary N) is 1. The van der Waals surface area contributed by atoms with Crippen LogP contribution in [0.15, 0.2) is 6.07 Å². The zero-order chi connectivity index (χ0) is 14.5. The van der Waals surface area contributed by atoms with Gasteiger partial charge in [-0.15, -0.1) is 11.8 Å². The highest BCUT2D eigenvalue weighted by Gasteiger charge is 2.07. The van der Waals surface area contributed by atoms with Crippen molar-refractivity contribution in [3.8, 4) is 11.5 Å². The standard InChI is InChI=1S/C14H20N2O3S/c1-9-11-7-19-6-10(15)5-16-2-3-20-8-12(11)14(18)4-13(9)17/h4,7-8,10,16-18H,2-3,5-6,15H2,1H3/t10-/m0/s1. The smallest absolute Gasteiger partial charge is 0.127 e. The molecule has 1 aliphatic heterocycles. The highest BCUT2D eigenvalue weighted by Crippen LogP contribution is 2.15. The summed E-state index contributed by atoms with van der Waals surface area (Å²) >= 11 is 1.59. The Labute approximate surface area is 122 Å². The second-order valence-electron chi connectivity index (χ2n) is 4.77. The molecule has 1 heterocycles. The van der Waals surface area contributed by atoms with Gasteiger partial charge in [0.1, 0.15) is 18.1 Å². The number of benzene rings is 1. The van der Waals surface area contributed by atoms with Gasteiger partial charge in [0.25, 0.3) is 0 Å². The summed E-state index contributed by atoms with van der Waals surface area (Å²) in [6, 6.07) is 1.27. The first-order valence-electron chi connectivity index (χ1n) is 6.51. The van der Waals surface area contributed by atoms with Crippen LogP contribution >= 0.6 is 11.8 Å². The van der Waals surface area contributed by atoms with E-state index in [4.69, 9.17) is 10.5 Å². The van der Waals surface area contributed by atoms with Crippen LogP contribution in [0.5, 0.6) is 11.5 Å². The Bertz CT molecular complexity index is 589. The summed E-state index contributed by atoms with van der Waals surface area (Å²) in [7, 11) is 0. The molecule has 110 valence electrons. The van der Waals surface area contributed by atoms with Crippen LogP contribution in [-0.2, 0) is 4.74 Å². The van der Waals surface area contributed by atoms with Gasteiger partial charge in [-0.3, -0.25) is 0 Å². The largest absolute Gasteiger partial charge is 0.508 e. The van der Waals surface area contributed by atoms with E-state index in [0.717, 1.165) is 12.3 Å². The maximum Gasteiger partial charge on any atom is 0.127 e. The van der Waals surface area contributed by atoms with E-state index in [1.165, 1.54) is 6.07 Å². The molecule has 0 radical (unpaired) electrons. The lowest BCUT2D eigenvalue weighted by atomic mass is 10.1. The molecule has 1 aliphatic rings. The van der Waals surface area contributed by atoms with Gasteiger partial charge in [0.05, 0.1) is 12.3 Å². The van der Waals surface area contributed by atoms with Gasteiger partial charge in [0, 0.05) is 40.9 Å². The zero-order valence-corrected chi connectivity index (χ0v) is 12.2. The molecular weight excluding hydrogens is 276 g/mol. The number of hydrogen-bond acceptors (Lipinski definition) is 6. The molecule has 0 saturated carbocycles. The fourth-order valence-corrected chi connectivity index (χ4v) is 2.74. The van der Waals surface area contributed by atoms with E-state index >= 15 is 0 Å². The molecule has 0 amide bonds. The highest BCUT2D eigenvalue weighted by molar-refractivity contribution is 8.06. The van der Waals surface area contributed by atoms with Gasteiger partial charge in [0.15, 0.2) is 0 Å². The molecular formula is C14H20N2O3S. The maximum atomic E-state index is 10.00. The summed E-state index contributed by atoms with van der Waals surface area (Å²) < 4.78 is 5.49. The van der Waals surface area contributed by atoms with Crippen molar-refractivity contribution in [2.24, 2.45) is 5.73 Å². The Morgan fingerprint density at radius 1 is 1.35 bits per heavy atom. The van der Waals surface area contributed by atoms with Gasteiger partial charge < -0.3 is 26.0 Å². The van der Waals surface area contributed by atoms with E-state index < -0.39 is 0 Å². The van der Waals surface area contributed by atoms with Gasteiger partial charge in [-0.2, -0.15) is 0 Å². The van der Waals surface area contributed by atoms with Crippen molar-refractivity contribution < 1.29 is 14.9 Å². The van der Waals surface area contributed by atoms with Gasteiger partial charge in [-0.05, 0) is 12.3 Å². The SMILES string of the molecule is Cc1c(O)cc(O)c2c1=COC[C@@H](N)CNCCSC=2. The maximum absolute atomic E-state index is 10.00. The first kappa shape index (κ1) is 15.0. The van der Waals surface area contributed by atoms with Gasteiger partial charge in [-0.1, -0.05) is 0 Å². The third kappa shape index (κ3) is 3.59. The Morgan fingerprint density at radius 3 is 2.95 bits per heavy atom. The number of fused-ring (bicyclic) bond motifs is 1. The second-order valence-corrected chi connectivity index (χ2v) is 5.75. The van der Waals surface area contributed by atoms with Crippen LogP contribution < -0.4 is 21.5 Å². The van der Waals surface area contributed by atoms with Crippen LogP contribution in [0.25, 0.3) is 11.7 Å². The second kappa shape index (κ2) is 6.88. The Balaban J connectivity index is 2.49. The number of ether oxygens (including phenoxy) is 1. The van der Waals surface area contributed by atoms with Crippen molar-refractivity contribution >= 4 is 23.4 Å². The third-order valence-electron chi connectivity index (χ3n) is 3.14. The number of phenols is 2. The molecule has 2 rings (SSSR count). The van der Waals surface area contributed by atoms with E-state index in [0.29, 0.717) is 29.2 Å². The minimum atomic E-state index is -0.0886. The molecule has 5 nitrogen and oxygen atoms in total. The predicted octanol–water partition coefficient (Wildman–Crippen LogP) is -0.437. The van der Waals surface area contributed by atoms with Gasteiger partial charge in [-0.25, -0.2) is 0 Å². The van der Waals surface area contributed by atoms with Crippen LogP contribution in [0.2, 0.25) is 0 Å². The van der Waals surface area contributed by atoms with E-state index in [1.807, 2.05) is 5.41 Å². The molecule has 1 aromatic carbocycles. The Kier molecular flexibility index (Phi) is 5.17. The monoisotopic (exact) mass is 296 g/mol. The molecule has 0 unspecified atom stereocenters. The summed E-state index contributed by atoms with van der Waals surface area (Å²) in [5.41, 5.74) is 6.59. The Morgan fingerprint density at radius 2 is 2.15 bits per heavy atom. The number of rotatable bonds is 0. The Hall–Kier alpha value is -1.37. The van der Waals surface area contributed by atoms with Crippen LogP contribution in [0.1, 0.15) is 5.56 Å². The third-order valence-corrected chi connectivity index (χ3v) is 3.99. The topological polar surface area (TPSA) is 87.7 Å². The predicted molar refractivity (Wildman–Crippen MR) is 81.9 cm³/mol. The average molecular weight is 296 g/mol. The van der Waals surface area contributed by atoms with Crippen molar-refractivity contribution in [2.45, 2.75) is 13.0 Å². The number of nitrogens with two attached hydrogens (primary N) is 1. The minimum absolute atomic E-state index is 0.0461. The number of hydrogen-bond donors (Lipinski definition) is 4. The molecule has 0 fully saturated rings. The lowest BCUT2D eigenvalue weighted by Gasteiger charge is -2.13. The molecule has 0 aliphatic carbocycles. The molecule has 5 N–H and O–H groups in total. The average Bonchev–Trinajstić information content (AvgIpc) is 2.40. The van der Waals surface area contributed by atoms with Crippen LogP contribution in [-0.4, -0.2) is 41.7 Å². The molecule has 6 heteroatoms. The highest BCUT2D eigenvalue weighted by atomic mass is 32.2. The number of thioether (sulfide) groups is 1. The van der Waals surface area contributed by atoms with Crippen LogP contribution in [0, 0.1) is 6.92 Å². The van der Waals surface area contributed by atoms with E-state index in [2.05, 4.69) is 5.32 Å². The fourth-order valence-electron chi connectivity index (χ4n) is 1.94. The molecule has 0 saturated heterocycles.